The summed E-state index contributed by atoms with van der Waals surface area (Å²) in [6.45, 7) is 1.66. The molecule has 1 unspecified atom stereocenters. The van der Waals surface area contributed by atoms with E-state index >= 15 is 0 Å². The van der Waals surface area contributed by atoms with Crippen molar-refractivity contribution >= 4 is 11.4 Å². The van der Waals surface area contributed by atoms with Crippen molar-refractivity contribution in [3.8, 4) is 6.07 Å². The fourth-order valence-electron chi connectivity index (χ4n) is 2.87. The van der Waals surface area contributed by atoms with E-state index in [4.69, 9.17) is 5.26 Å². The maximum absolute atomic E-state index is 10.9. The Hall–Kier alpha value is -2.88. The summed E-state index contributed by atoms with van der Waals surface area (Å²) in [7, 11) is 0. The summed E-state index contributed by atoms with van der Waals surface area (Å²) in [5.41, 5.74) is 0.801. The zero-order valence-corrected chi connectivity index (χ0v) is 11.9. The molecular formula is C15H15N5O2. The number of piperidine rings is 1. The second-order valence-electron chi connectivity index (χ2n) is 5.30. The summed E-state index contributed by atoms with van der Waals surface area (Å²) >= 11 is 0. The molecule has 0 bridgehead atoms. The molecule has 2 heterocycles. The lowest BCUT2D eigenvalue weighted by molar-refractivity contribution is -0.385. The zero-order valence-electron chi connectivity index (χ0n) is 11.9. The molecule has 1 atom stereocenters. The monoisotopic (exact) mass is 297 g/mol. The summed E-state index contributed by atoms with van der Waals surface area (Å²) in [5, 5.41) is 24.3. The van der Waals surface area contributed by atoms with Gasteiger partial charge in [-0.05, 0) is 31.0 Å². The van der Waals surface area contributed by atoms with Gasteiger partial charge < -0.3 is 4.90 Å². The van der Waals surface area contributed by atoms with Crippen LogP contribution in [-0.4, -0.2) is 27.8 Å². The number of nitrogens with zero attached hydrogens (tertiary/aromatic N) is 5. The van der Waals surface area contributed by atoms with Crippen LogP contribution in [0.2, 0.25) is 0 Å². The Morgan fingerprint density at radius 1 is 1.45 bits per heavy atom. The van der Waals surface area contributed by atoms with Gasteiger partial charge in [0.05, 0.1) is 11.0 Å². The molecule has 7 nitrogen and oxygen atoms in total. The SMILES string of the molecule is N#Cc1cc(N2CCCC(n3cccn3)C2)ccc1[N+](=O)[O-]. The van der Waals surface area contributed by atoms with Crippen LogP contribution in [0.25, 0.3) is 0 Å². The lowest BCUT2D eigenvalue weighted by Gasteiger charge is -2.34. The number of anilines is 1. The first-order valence-corrected chi connectivity index (χ1v) is 7.11. The van der Waals surface area contributed by atoms with Gasteiger partial charge in [-0.25, -0.2) is 0 Å². The van der Waals surface area contributed by atoms with E-state index in [-0.39, 0.29) is 17.3 Å². The smallest absolute Gasteiger partial charge is 0.287 e. The van der Waals surface area contributed by atoms with Crippen LogP contribution >= 0.6 is 0 Å². The molecule has 0 saturated carbocycles. The standard InChI is InChI=1S/C15H15N5O2/c16-10-12-9-13(4-5-15(12)20(21)22)18-7-1-3-14(11-18)19-8-2-6-17-19/h2,4-6,8-9,14H,1,3,7,11H2. The molecule has 7 heteroatoms. The Bertz CT molecular complexity index is 720. The molecule has 0 radical (unpaired) electrons. The molecule has 0 N–H and O–H groups in total. The highest BCUT2D eigenvalue weighted by molar-refractivity contribution is 5.60. The number of hydrogen-bond acceptors (Lipinski definition) is 5. The van der Waals surface area contributed by atoms with Crippen LogP contribution in [0.3, 0.4) is 0 Å². The third kappa shape index (κ3) is 2.63. The first-order valence-electron chi connectivity index (χ1n) is 7.11. The fourth-order valence-corrected chi connectivity index (χ4v) is 2.87. The summed E-state index contributed by atoms with van der Waals surface area (Å²) in [5.74, 6) is 0. The molecule has 0 spiro atoms. The van der Waals surface area contributed by atoms with Crippen molar-refractivity contribution in [3.05, 3.63) is 52.3 Å². The molecule has 0 aliphatic carbocycles. The molecule has 1 aliphatic heterocycles. The number of nitriles is 1. The average Bonchev–Trinajstić information content (AvgIpc) is 3.08. The first-order chi connectivity index (χ1) is 10.7. The van der Waals surface area contributed by atoms with Crippen LogP contribution in [0.15, 0.2) is 36.7 Å². The van der Waals surface area contributed by atoms with Gasteiger partial charge in [-0.2, -0.15) is 10.4 Å². The number of nitro groups is 1. The van der Waals surface area contributed by atoms with Crippen LogP contribution in [0.1, 0.15) is 24.4 Å². The molecule has 22 heavy (non-hydrogen) atoms. The molecule has 1 fully saturated rings. The van der Waals surface area contributed by atoms with E-state index in [9.17, 15) is 10.1 Å². The third-order valence-corrected chi connectivity index (χ3v) is 3.96. The van der Waals surface area contributed by atoms with Crippen molar-refractivity contribution < 1.29 is 4.92 Å². The van der Waals surface area contributed by atoms with Gasteiger partial charge in [-0.15, -0.1) is 0 Å². The summed E-state index contributed by atoms with van der Waals surface area (Å²) in [6, 6.07) is 8.81. The van der Waals surface area contributed by atoms with Gasteiger partial charge >= 0.3 is 0 Å². The third-order valence-electron chi connectivity index (χ3n) is 3.96. The van der Waals surface area contributed by atoms with Crippen LogP contribution in [0.4, 0.5) is 11.4 Å². The minimum absolute atomic E-state index is 0.101. The number of rotatable bonds is 3. The van der Waals surface area contributed by atoms with Crippen molar-refractivity contribution in [1.82, 2.24) is 9.78 Å². The molecule has 2 aromatic rings. The highest BCUT2D eigenvalue weighted by atomic mass is 16.6. The van der Waals surface area contributed by atoms with Crippen molar-refractivity contribution in [2.45, 2.75) is 18.9 Å². The van der Waals surface area contributed by atoms with E-state index in [1.807, 2.05) is 23.0 Å². The summed E-state index contributed by atoms with van der Waals surface area (Å²) < 4.78 is 1.95. The normalized spacial score (nSPS) is 18.0. The van der Waals surface area contributed by atoms with Crippen molar-refractivity contribution in [2.24, 2.45) is 0 Å². The number of aromatic nitrogens is 2. The molecular weight excluding hydrogens is 282 g/mol. The molecule has 1 aliphatic rings. The molecule has 1 aromatic carbocycles. The van der Waals surface area contributed by atoms with E-state index in [1.165, 1.54) is 6.07 Å². The predicted molar refractivity (Wildman–Crippen MR) is 80.5 cm³/mol. The molecule has 3 rings (SSSR count). The van der Waals surface area contributed by atoms with Gasteiger partial charge in [0.25, 0.3) is 5.69 Å². The highest BCUT2D eigenvalue weighted by Crippen LogP contribution is 2.29. The van der Waals surface area contributed by atoms with Crippen molar-refractivity contribution in [2.75, 3.05) is 18.0 Å². The number of nitro benzene ring substituents is 1. The highest BCUT2D eigenvalue weighted by Gasteiger charge is 2.23. The Labute approximate surface area is 127 Å². The zero-order chi connectivity index (χ0) is 15.5. The van der Waals surface area contributed by atoms with Gasteiger partial charge in [0.2, 0.25) is 0 Å². The molecule has 112 valence electrons. The molecule has 1 saturated heterocycles. The Kier molecular flexibility index (Phi) is 3.74. The second kappa shape index (κ2) is 5.85. The molecule has 1 aromatic heterocycles. The maximum Gasteiger partial charge on any atom is 0.287 e. The average molecular weight is 297 g/mol. The first kappa shape index (κ1) is 14.1. The van der Waals surface area contributed by atoms with Crippen LogP contribution in [0.5, 0.6) is 0 Å². The van der Waals surface area contributed by atoms with E-state index in [0.29, 0.717) is 0 Å². The Morgan fingerprint density at radius 2 is 2.32 bits per heavy atom. The van der Waals surface area contributed by atoms with E-state index in [1.54, 1.807) is 18.3 Å². The van der Waals surface area contributed by atoms with Gasteiger partial charge in [0.1, 0.15) is 11.6 Å². The minimum Gasteiger partial charge on any atom is -0.369 e. The Morgan fingerprint density at radius 3 is 3.00 bits per heavy atom. The van der Waals surface area contributed by atoms with E-state index in [0.717, 1.165) is 31.6 Å². The molecule has 0 amide bonds. The fraction of sp³-hybridized carbons (Fsp3) is 0.333. The van der Waals surface area contributed by atoms with Crippen LogP contribution < -0.4 is 4.90 Å². The predicted octanol–water partition coefficient (Wildman–Crippen LogP) is 2.50. The van der Waals surface area contributed by atoms with Crippen LogP contribution in [0, 0.1) is 21.4 Å². The number of hydrogen-bond donors (Lipinski definition) is 0. The largest absolute Gasteiger partial charge is 0.369 e. The number of benzene rings is 1. The van der Waals surface area contributed by atoms with Crippen molar-refractivity contribution in [1.29, 1.82) is 5.26 Å². The quantitative estimate of drug-likeness (QED) is 0.641. The second-order valence-corrected chi connectivity index (χ2v) is 5.30. The van der Waals surface area contributed by atoms with Gasteiger partial charge in [0, 0.05) is 37.2 Å². The van der Waals surface area contributed by atoms with Gasteiger partial charge in [-0.3, -0.25) is 14.8 Å². The van der Waals surface area contributed by atoms with E-state index in [2.05, 4.69) is 10.00 Å². The topological polar surface area (TPSA) is 88.0 Å². The van der Waals surface area contributed by atoms with E-state index < -0.39 is 4.92 Å². The van der Waals surface area contributed by atoms with Gasteiger partial charge in [0.15, 0.2) is 0 Å². The summed E-state index contributed by atoms with van der Waals surface area (Å²) in [6.07, 6.45) is 5.78. The van der Waals surface area contributed by atoms with Crippen LogP contribution in [-0.2, 0) is 0 Å². The Balaban J connectivity index is 1.85. The lowest BCUT2D eigenvalue weighted by Crippen LogP contribution is -2.36. The minimum atomic E-state index is -0.523. The maximum atomic E-state index is 10.9. The summed E-state index contributed by atoms with van der Waals surface area (Å²) in [4.78, 5) is 12.5. The van der Waals surface area contributed by atoms with Gasteiger partial charge in [-0.1, -0.05) is 0 Å². The van der Waals surface area contributed by atoms with Crippen molar-refractivity contribution in [3.63, 3.8) is 0 Å². The lowest BCUT2D eigenvalue weighted by atomic mass is 10.0.